The normalized spacial score (nSPS) is 15.7. The van der Waals surface area contributed by atoms with Gasteiger partial charge in [0, 0.05) is 36.4 Å². The standard InChI is InChI=1S/C50H79BrN4O7Si2/c1-18-60-44(56)31-42(37-23-25-38(26-24-37)62-64(16,17)50(10,11)12)54-47(58)43(30-40-39-21-19-20-22-41(39)53-45(40)51)55(13)48(59)36(6)52-46(57)34(4)28-32(2)27-33(3)29-35(5)61-63(14,15)49(7,8)9/h19-27,33-36,42-43,53H,18,28-31H2,1-17H3,(H,52,57)(H,54,58)/b32-27+/t33-,34-,35-,36-,42+,43+/m0/s1. The number of likely N-dealkylation sites (N-methyl/N-ethyl adjacent to an activating group) is 1. The number of carbonyl (C=O) groups excluding carboxylic acids is 4. The fraction of sp³-hybridized carbons (Fsp3) is 0.600. The second kappa shape index (κ2) is 22.6. The summed E-state index contributed by atoms with van der Waals surface area (Å²) in [7, 11) is -2.43. The highest BCUT2D eigenvalue weighted by Gasteiger charge is 2.40. The first kappa shape index (κ1) is 54.6. The van der Waals surface area contributed by atoms with Crippen LogP contribution in [0.25, 0.3) is 10.9 Å². The van der Waals surface area contributed by atoms with Crippen molar-refractivity contribution in [2.45, 2.75) is 169 Å². The van der Waals surface area contributed by atoms with Crippen molar-refractivity contribution >= 4 is 67.2 Å². The number of para-hydroxylation sites is 1. The van der Waals surface area contributed by atoms with E-state index >= 15 is 0 Å². The smallest absolute Gasteiger partial charge is 0.308 e. The highest BCUT2D eigenvalue weighted by atomic mass is 79.9. The second-order valence-electron chi connectivity index (χ2n) is 20.9. The van der Waals surface area contributed by atoms with E-state index in [1.807, 2.05) is 62.4 Å². The van der Waals surface area contributed by atoms with E-state index in [1.165, 1.54) is 4.90 Å². The van der Waals surface area contributed by atoms with Crippen LogP contribution >= 0.6 is 15.9 Å². The number of esters is 1. The van der Waals surface area contributed by atoms with Crippen molar-refractivity contribution in [3.63, 3.8) is 0 Å². The Morgan fingerprint density at radius 3 is 2.02 bits per heavy atom. The highest BCUT2D eigenvalue weighted by molar-refractivity contribution is 9.10. The van der Waals surface area contributed by atoms with Crippen molar-refractivity contribution in [3.8, 4) is 5.75 Å². The Kier molecular flexibility index (Phi) is 19.3. The van der Waals surface area contributed by atoms with Gasteiger partial charge in [0.05, 0.1) is 23.7 Å². The van der Waals surface area contributed by atoms with Crippen molar-refractivity contribution in [1.29, 1.82) is 0 Å². The van der Waals surface area contributed by atoms with Gasteiger partial charge in [0.15, 0.2) is 8.32 Å². The number of H-pyrrole nitrogens is 1. The molecule has 64 heavy (non-hydrogen) atoms. The Balaban J connectivity index is 1.85. The molecule has 0 spiro atoms. The Labute approximate surface area is 395 Å². The van der Waals surface area contributed by atoms with Gasteiger partial charge in [-0.2, -0.15) is 0 Å². The van der Waals surface area contributed by atoms with Gasteiger partial charge in [-0.05, 0) is 128 Å². The lowest BCUT2D eigenvalue weighted by Crippen LogP contribution is -2.55. The molecule has 0 unspecified atom stereocenters. The molecule has 0 fully saturated rings. The van der Waals surface area contributed by atoms with E-state index in [0.717, 1.165) is 28.5 Å². The van der Waals surface area contributed by atoms with Crippen LogP contribution in [0.3, 0.4) is 0 Å². The molecule has 1 heterocycles. The summed E-state index contributed by atoms with van der Waals surface area (Å²) >= 11 is 3.66. The van der Waals surface area contributed by atoms with Crippen molar-refractivity contribution < 1.29 is 32.8 Å². The largest absolute Gasteiger partial charge is 0.544 e. The first-order chi connectivity index (χ1) is 29.5. The molecule has 0 saturated heterocycles. The molecule has 2 aromatic carbocycles. The molecule has 0 bridgehead atoms. The summed E-state index contributed by atoms with van der Waals surface area (Å²) in [5, 5.41) is 7.07. The van der Waals surface area contributed by atoms with E-state index in [9.17, 15) is 19.2 Å². The number of carbonyl (C=O) groups is 4. The molecule has 3 N–H and O–H groups in total. The predicted molar refractivity (Wildman–Crippen MR) is 269 cm³/mol. The van der Waals surface area contributed by atoms with Crippen LogP contribution in [0.5, 0.6) is 5.75 Å². The molecular formula is C50H79BrN4O7Si2. The molecule has 0 saturated carbocycles. The number of fused-ring (bicyclic) bond motifs is 1. The van der Waals surface area contributed by atoms with Crippen molar-refractivity contribution in [3.05, 3.63) is 75.9 Å². The molecule has 3 amide bonds. The predicted octanol–water partition coefficient (Wildman–Crippen LogP) is 11.4. The summed E-state index contributed by atoms with van der Waals surface area (Å²) in [5.74, 6) is -1.02. The van der Waals surface area contributed by atoms with Gasteiger partial charge in [-0.15, -0.1) is 0 Å². The minimum atomic E-state index is -2.12. The van der Waals surface area contributed by atoms with Crippen LogP contribution in [0.2, 0.25) is 36.3 Å². The lowest BCUT2D eigenvalue weighted by molar-refractivity contribution is -0.145. The number of aromatic amines is 1. The molecule has 356 valence electrons. The average Bonchev–Trinajstić information content (AvgIpc) is 3.48. The number of aromatic nitrogens is 1. The number of halogens is 1. The third kappa shape index (κ3) is 15.2. The van der Waals surface area contributed by atoms with Crippen molar-refractivity contribution in [2.75, 3.05) is 13.7 Å². The van der Waals surface area contributed by atoms with Crippen LogP contribution in [0.15, 0.2) is 64.8 Å². The number of ether oxygens (including phenoxy) is 1. The molecule has 14 heteroatoms. The van der Waals surface area contributed by atoms with Crippen LogP contribution in [0.1, 0.15) is 120 Å². The maximum atomic E-state index is 14.7. The highest BCUT2D eigenvalue weighted by Crippen LogP contribution is 2.39. The zero-order valence-electron chi connectivity index (χ0n) is 41.9. The summed E-state index contributed by atoms with van der Waals surface area (Å²) in [4.78, 5) is 60.4. The molecular weight excluding hydrogens is 905 g/mol. The van der Waals surface area contributed by atoms with Crippen molar-refractivity contribution in [2.24, 2.45) is 11.8 Å². The Hall–Kier alpha value is -3.73. The quantitative estimate of drug-likeness (QED) is 0.0549. The monoisotopic (exact) mass is 982 g/mol. The number of allylic oxidation sites excluding steroid dienone is 2. The van der Waals surface area contributed by atoms with Gasteiger partial charge in [-0.25, -0.2) is 0 Å². The second-order valence-corrected chi connectivity index (χ2v) is 31.2. The number of hydrogen-bond acceptors (Lipinski definition) is 7. The van der Waals surface area contributed by atoms with Gasteiger partial charge in [0.25, 0.3) is 0 Å². The molecule has 6 atom stereocenters. The maximum Gasteiger partial charge on any atom is 0.308 e. The summed E-state index contributed by atoms with van der Waals surface area (Å²) < 4.78 is 19.1. The third-order valence-corrected chi connectivity index (χ3v) is 22.8. The van der Waals surface area contributed by atoms with Crippen LogP contribution < -0.4 is 15.1 Å². The molecule has 3 aromatic rings. The zero-order valence-corrected chi connectivity index (χ0v) is 45.5. The van der Waals surface area contributed by atoms with E-state index in [-0.39, 0.29) is 47.5 Å². The van der Waals surface area contributed by atoms with Crippen LogP contribution in [0.4, 0.5) is 0 Å². The van der Waals surface area contributed by atoms with Crippen LogP contribution in [-0.2, 0) is 34.8 Å². The first-order valence-corrected chi connectivity index (χ1v) is 29.5. The number of benzene rings is 2. The Morgan fingerprint density at radius 1 is 0.844 bits per heavy atom. The fourth-order valence-corrected chi connectivity index (χ4v) is 10.5. The number of hydrogen-bond donors (Lipinski definition) is 3. The maximum absolute atomic E-state index is 14.7. The molecule has 1 aromatic heterocycles. The Morgan fingerprint density at radius 2 is 1.44 bits per heavy atom. The third-order valence-electron chi connectivity index (χ3n) is 13.1. The zero-order chi connectivity index (χ0) is 48.5. The molecule has 3 rings (SSSR count). The molecule has 0 aliphatic heterocycles. The molecule has 11 nitrogen and oxygen atoms in total. The van der Waals surface area contributed by atoms with E-state index < -0.39 is 58.5 Å². The molecule has 0 aliphatic carbocycles. The summed E-state index contributed by atoms with van der Waals surface area (Å²) in [6.45, 7) is 34.0. The van der Waals surface area contributed by atoms with Crippen LogP contribution in [-0.4, -0.2) is 82.1 Å². The number of rotatable bonds is 21. The minimum Gasteiger partial charge on any atom is -0.544 e. The number of amides is 3. The number of nitrogens with one attached hydrogen (secondary N) is 3. The average molecular weight is 984 g/mol. The van der Waals surface area contributed by atoms with Gasteiger partial charge in [0.1, 0.15) is 17.8 Å². The van der Waals surface area contributed by atoms with E-state index in [0.29, 0.717) is 22.3 Å². The van der Waals surface area contributed by atoms with Gasteiger partial charge in [-0.3, -0.25) is 19.2 Å². The summed E-state index contributed by atoms with van der Waals surface area (Å²) in [6, 6.07) is 12.5. The molecule has 0 aliphatic rings. The SMILES string of the molecule is CCOC(=O)C[C@@H](NC(=O)[C@@H](Cc1c(Br)[nH]c2ccccc12)N(C)C(=O)[C@H](C)NC(=O)[C@@H](C)C/C(C)=C/[C@H](C)C[C@H](C)O[Si](C)(C)C(C)(C)C)c1ccc(O[Si](C)(C)C(C)(C)C)cc1. The minimum absolute atomic E-state index is 0.00206. The summed E-state index contributed by atoms with van der Waals surface area (Å²) in [5.41, 5.74) is 3.47. The fourth-order valence-electron chi connectivity index (χ4n) is 7.41. The van der Waals surface area contributed by atoms with Gasteiger partial charge in [0.2, 0.25) is 26.0 Å². The van der Waals surface area contributed by atoms with Gasteiger partial charge < -0.3 is 34.1 Å². The molecule has 0 radical (unpaired) electrons. The topological polar surface area (TPSA) is 139 Å². The van der Waals surface area contributed by atoms with E-state index in [4.69, 9.17) is 13.6 Å². The lowest BCUT2D eigenvalue weighted by atomic mass is 9.95. The summed E-state index contributed by atoms with van der Waals surface area (Å²) in [6.07, 6.45) is 3.78. The van der Waals surface area contributed by atoms with Gasteiger partial charge >= 0.3 is 5.97 Å². The lowest BCUT2D eigenvalue weighted by Gasteiger charge is -2.38. The first-order valence-electron chi connectivity index (χ1n) is 22.9. The Bertz CT molecular complexity index is 2090. The van der Waals surface area contributed by atoms with Crippen LogP contribution in [0, 0.1) is 11.8 Å². The van der Waals surface area contributed by atoms with E-state index in [1.54, 1.807) is 20.9 Å². The van der Waals surface area contributed by atoms with Crippen molar-refractivity contribution in [1.82, 2.24) is 20.5 Å². The van der Waals surface area contributed by atoms with Gasteiger partial charge in [-0.1, -0.05) is 97.4 Å². The number of nitrogens with zero attached hydrogens (tertiary/aromatic N) is 1. The van der Waals surface area contributed by atoms with E-state index in [2.05, 4.69) is 119 Å².